The van der Waals surface area contributed by atoms with E-state index < -0.39 is 11.7 Å². The maximum absolute atomic E-state index is 11.7. The van der Waals surface area contributed by atoms with Crippen molar-refractivity contribution in [3.05, 3.63) is 0 Å². The molecule has 2 atom stereocenters. The van der Waals surface area contributed by atoms with E-state index in [2.05, 4.69) is 10.6 Å². The second kappa shape index (κ2) is 6.07. The summed E-state index contributed by atoms with van der Waals surface area (Å²) in [5, 5.41) is 5.64. The summed E-state index contributed by atoms with van der Waals surface area (Å²) in [6.07, 6.45) is 1.96. The van der Waals surface area contributed by atoms with Gasteiger partial charge in [0, 0.05) is 18.5 Å². The van der Waals surface area contributed by atoms with Crippen LogP contribution in [0, 0.1) is 5.92 Å². The van der Waals surface area contributed by atoms with Crippen LogP contribution in [0.15, 0.2) is 0 Å². The monoisotopic (exact) mass is 256 g/mol. The van der Waals surface area contributed by atoms with Gasteiger partial charge in [-0.15, -0.1) is 0 Å². The highest BCUT2D eigenvalue weighted by Crippen LogP contribution is 2.25. The summed E-state index contributed by atoms with van der Waals surface area (Å²) in [5.74, 6) is 0.107. The summed E-state index contributed by atoms with van der Waals surface area (Å²) in [5.41, 5.74) is -0.484. The molecule has 0 aliphatic heterocycles. The van der Waals surface area contributed by atoms with Crippen molar-refractivity contribution < 1.29 is 14.3 Å². The Bertz CT molecular complexity index is 310. The quantitative estimate of drug-likeness (QED) is 0.809. The molecule has 0 aromatic carbocycles. The second-order valence-electron chi connectivity index (χ2n) is 5.75. The Balaban J connectivity index is 2.34. The molecule has 0 aromatic heterocycles. The van der Waals surface area contributed by atoms with Crippen molar-refractivity contribution in [2.75, 3.05) is 6.54 Å². The largest absolute Gasteiger partial charge is 0.444 e. The minimum Gasteiger partial charge on any atom is -0.444 e. The molecule has 2 N–H and O–H groups in total. The standard InChI is InChI=1S/C13H24N2O3/c1-5-14-11(16)9-6-7-10(8-9)15-12(17)18-13(2,3)4/h9-10H,5-8H2,1-4H3,(H,14,16)(H,15,17)/t9-,10+/m0/s1. The Hall–Kier alpha value is -1.26. The van der Waals surface area contributed by atoms with Crippen LogP contribution >= 0.6 is 0 Å². The van der Waals surface area contributed by atoms with Crippen molar-refractivity contribution in [1.29, 1.82) is 0 Å². The van der Waals surface area contributed by atoms with E-state index in [4.69, 9.17) is 4.74 Å². The number of alkyl carbamates (subject to hydrolysis) is 1. The maximum atomic E-state index is 11.7. The van der Waals surface area contributed by atoms with Gasteiger partial charge < -0.3 is 15.4 Å². The minimum atomic E-state index is -0.484. The number of hydrogen-bond donors (Lipinski definition) is 2. The smallest absolute Gasteiger partial charge is 0.407 e. The molecule has 0 saturated heterocycles. The Labute approximate surface area is 109 Å². The lowest BCUT2D eigenvalue weighted by atomic mass is 10.1. The van der Waals surface area contributed by atoms with Gasteiger partial charge in [0.1, 0.15) is 5.60 Å². The molecular formula is C13H24N2O3. The van der Waals surface area contributed by atoms with E-state index in [9.17, 15) is 9.59 Å². The number of amides is 2. The van der Waals surface area contributed by atoms with Crippen molar-refractivity contribution in [2.24, 2.45) is 5.92 Å². The first-order valence-electron chi connectivity index (χ1n) is 6.59. The highest BCUT2D eigenvalue weighted by Gasteiger charge is 2.31. The fraction of sp³-hybridized carbons (Fsp3) is 0.846. The molecule has 0 heterocycles. The zero-order valence-electron chi connectivity index (χ0n) is 11.7. The summed E-state index contributed by atoms with van der Waals surface area (Å²) in [4.78, 5) is 23.2. The lowest BCUT2D eigenvalue weighted by Gasteiger charge is -2.21. The van der Waals surface area contributed by atoms with Gasteiger partial charge in [0.15, 0.2) is 0 Å². The molecule has 0 bridgehead atoms. The third-order valence-corrected chi connectivity index (χ3v) is 2.88. The Morgan fingerprint density at radius 2 is 1.94 bits per heavy atom. The lowest BCUT2D eigenvalue weighted by Crippen LogP contribution is -2.38. The normalized spacial score (nSPS) is 23.6. The maximum Gasteiger partial charge on any atom is 0.407 e. The number of carbonyl (C=O) groups excluding carboxylic acids is 2. The number of hydrogen-bond acceptors (Lipinski definition) is 3. The van der Waals surface area contributed by atoms with Gasteiger partial charge in [0.05, 0.1) is 0 Å². The summed E-state index contributed by atoms with van der Waals surface area (Å²) in [7, 11) is 0. The van der Waals surface area contributed by atoms with Crippen LogP contribution in [-0.2, 0) is 9.53 Å². The van der Waals surface area contributed by atoms with E-state index >= 15 is 0 Å². The second-order valence-corrected chi connectivity index (χ2v) is 5.75. The molecule has 2 amide bonds. The Kier molecular flexibility index (Phi) is 4.99. The van der Waals surface area contributed by atoms with Crippen LogP contribution in [0.4, 0.5) is 4.79 Å². The van der Waals surface area contributed by atoms with Crippen molar-refractivity contribution in [3.63, 3.8) is 0 Å². The Morgan fingerprint density at radius 3 is 2.50 bits per heavy atom. The molecule has 5 heteroatoms. The molecule has 104 valence electrons. The average molecular weight is 256 g/mol. The predicted molar refractivity (Wildman–Crippen MR) is 69.2 cm³/mol. The fourth-order valence-corrected chi connectivity index (χ4v) is 2.14. The van der Waals surface area contributed by atoms with Crippen LogP contribution in [0.1, 0.15) is 47.0 Å². The van der Waals surface area contributed by atoms with Crippen LogP contribution < -0.4 is 10.6 Å². The summed E-state index contributed by atoms with van der Waals surface area (Å²) < 4.78 is 5.19. The molecule has 0 spiro atoms. The van der Waals surface area contributed by atoms with E-state index in [1.54, 1.807) is 0 Å². The van der Waals surface area contributed by atoms with Crippen molar-refractivity contribution in [2.45, 2.75) is 58.6 Å². The number of ether oxygens (including phenoxy) is 1. The minimum absolute atomic E-state index is 0.0184. The van der Waals surface area contributed by atoms with Gasteiger partial charge in [-0.3, -0.25) is 4.79 Å². The predicted octanol–water partition coefficient (Wildman–Crippen LogP) is 1.82. The molecular weight excluding hydrogens is 232 g/mol. The zero-order chi connectivity index (χ0) is 13.8. The van der Waals surface area contributed by atoms with Crippen molar-refractivity contribution in [1.82, 2.24) is 10.6 Å². The first kappa shape index (κ1) is 14.8. The molecule has 1 fully saturated rings. The fourth-order valence-electron chi connectivity index (χ4n) is 2.14. The lowest BCUT2D eigenvalue weighted by molar-refractivity contribution is -0.124. The van der Waals surface area contributed by atoms with Crippen molar-refractivity contribution >= 4 is 12.0 Å². The molecule has 1 aliphatic rings. The van der Waals surface area contributed by atoms with Crippen LogP contribution in [0.25, 0.3) is 0 Å². The van der Waals surface area contributed by atoms with E-state index in [0.717, 1.165) is 12.8 Å². The molecule has 18 heavy (non-hydrogen) atoms. The summed E-state index contributed by atoms with van der Waals surface area (Å²) >= 11 is 0. The number of carbonyl (C=O) groups is 2. The average Bonchev–Trinajstić information content (AvgIpc) is 2.63. The van der Waals surface area contributed by atoms with Gasteiger partial charge in [0.2, 0.25) is 5.91 Å². The first-order chi connectivity index (χ1) is 8.31. The van der Waals surface area contributed by atoms with Crippen molar-refractivity contribution in [3.8, 4) is 0 Å². The highest BCUT2D eigenvalue weighted by atomic mass is 16.6. The molecule has 0 radical (unpaired) electrons. The van der Waals surface area contributed by atoms with Crippen LogP contribution in [0.5, 0.6) is 0 Å². The van der Waals surface area contributed by atoms with E-state index in [-0.39, 0.29) is 17.9 Å². The molecule has 0 unspecified atom stereocenters. The zero-order valence-corrected chi connectivity index (χ0v) is 11.7. The molecule has 5 nitrogen and oxygen atoms in total. The first-order valence-corrected chi connectivity index (χ1v) is 6.59. The third-order valence-electron chi connectivity index (χ3n) is 2.88. The van der Waals surface area contributed by atoms with Gasteiger partial charge in [0.25, 0.3) is 0 Å². The van der Waals surface area contributed by atoms with Gasteiger partial charge in [-0.05, 0) is 47.0 Å². The van der Waals surface area contributed by atoms with Gasteiger partial charge in [-0.2, -0.15) is 0 Å². The SMILES string of the molecule is CCNC(=O)[C@H]1CC[C@@H](NC(=O)OC(C)(C)C)C1. The van der Waals surface area contributed by atoms with Crippen LogP contribution in [0.2, 0.25) is 0 Å². The number of nitrogens with one attached hydrogen (secondary N) is 2. The third kappa shape index (κ3) is 4.94. The molecule has 1 saturated carbocycles. The topological polar surface area (TPSA) is 67.4 Å². The summed E-state index contributed by atoms with van der Waals surface area (Å²) in [6.45, 7) is 8.05. The Morgan fingerprint density at radius 1 is 1.28 bits per heavy atom. The highest BCUT2D eigenvalue weighted by molar-refractivity contribution is 5.79. The van der Waals surface area contributed by atoms with Gasteiger partial charge in [-0.25, -0.2) is 4.79 Å². The van der Waals surface area contributed by atoms with E-state index in [1.165, 1.54) is 0 Å². The molecule has 1 rings (SSSR count). The van der Waals surface area contributed by atoms with E-state index in [0.29, 0.717) is 13.0 Å². The van der Waals surface area contributed by atoms with E-state index in [1.807, 2.05) is 27.7 Å². The van der Waals surface area contributed by atoms with Crippen LogP contribution in [0.3, 0.4) is 0 Å². The summed E-state index contributed by atoms with van der Waals surface area (Å²) in [6, 6.07) is 0.0486. The number of rotatable bonds is 3. The van der Waals surface area contributed by atoms with Gasteiger partial charge in [-0.1, -0.05) is 0 Å². The molecule has 0 aromatic rings. The van der Waals surface area contributed by atoms with Crippen LogP contribution in [-0.4, -0.2) is 30.2 Å². The van der Waals surface area contributed by atoms with Gasteiger partial charge >= 0.3 is 6.09 Å². The molecule has 1 aliphatic carbocycles.